The van der Waals surface area contributed by atoms with Gasteiger partial charge >= 0.3 is 12.6 Å². The molecule has 4 saturated heterocycles. The van der Waals surface area contributed by atoms with Gasteiger partial charge in [-0.15, -0.1) is 0 Å². The van der Waals surface area contributed by atoms with Crippen molar-refractivity contribution in [1.29, 1.82) is 0 Å². The van der Waals surface area contributed by atoms with Crippen LogP contribution in [-0.2, 0) is 21.9 Å². The maximum Gasteiger partial charge on any atom is 0.387 e. The molecule has 0 spiro atoms. The number of aryl methyl sites for hydroxylation is 1. The number of carbonyl (C=O) groups excluding carboxylic acids is 2. The minimum absolute atomic E-state index is 0.114. The van der Waals surface area contributed by atoms with E-state index in [2.05, 4.69) is 58.4 Å². The van der Waals surface area contributed by atoms with Gasteiger partial charge < -0.3 is 24.6 Å². The second-order valence-electron chi connectivity index (χ2n) is 15.7. The number of hydrogen-bond donors (Lipinski definition) is 2. The highest BCUT2D eigenvalue weighted by Gasteiger charge is 2.32. The zero-order valence-electron chi connectivity index (χ0n) is 33.2. The fraction of sp³-hybridized carbons (Fsp3) is 0.525. The van der Waals surface area contributed by atoms with Crippen molar-refractivity contribution < 1.29 is 36.3 Å². The van der Waals surface area contributed by atoms with Crippen LogP contribution in [0.5, 0.6) is 11.6 Å². The Hall–Kier alpha value is -5.14. The number of nitrogens with one attached hydrogen (secondary N) is 2. The number of anilines is 3. The standard InChI is InChI=1S/C40H50F2N10O6S/c1-48-33-22-28(6-7-32(33)36(47-48)52-21-14-35(53)45-40(52)54)27-10-15-49(16-11-27)25-26-8-17-50(18-9-26)30-4-3-5-31(23-30)59(55,56)51-19-12-29(13-20-51)44-39-43-24-34(58-38(41)42)37(46-39)57-2/h3-7,22-24,26-27,29,38H,8-21,25H2,1-2H3,(H,43,44,46)(H,45,53,54). The van der Waals surface area contributed by atoms with E-state index in [0.717, 1.165) is 81.2 Å². The summed E-state index contributed by atoms with van der Waals surface area (Å²) in [6, 6.07) is 13.1. The van der Waals surface area contributed by atoms with Crippen molar-refractivity contribution in [1.82, 2.24) is 34.3 Å². The number of fused-ring (bicyclic) bond motifs is 1. The summed E-state index contributed by atoms with van der Waals surface area (Å²) < 4.78 is 65.7. The number of rotatable bonds is 12. The maximum atomic E-state index is 13.8. The van der Waals surface area contributed by atoms with Crippen LogP contribution < -0.4 is 29.9 Å². The van der Waals surface area contributed by atoms with E-state index in [4.69, 9.17) is 4.74 Å². The minimum Gasteiger partial charge on any atom is -0.478 e. The van der Waals surface area contributed by atoms with Gasteiger partial charge in [0.05, 0.1) is 23.7 Å². The van der Waals surface area contributed by atoms with Crippen LogP contribution in [0.1, 0.15) is 56.4 Å². The van der Waals surface area contributed by atoms with E-state index in [1.165, 1.54) is 17.0 Å². The van der Waals surface area contributed by atoms with Crippen LogP contribution in [0.4, 0.5) is 31.0 Å². The Morgan fingerprint density at radius 2 is 1.71 bits per heavy atom. The summed E-state index contributed by atoms with van der Waals surface area (Å²) in [6.45, 7) is 2.75. The van der Waals surface area contributed by atoms with Crippen LogP contribution in [0.15, 0.2) is 53.6 Å². The third-order valence-corrected chi connectivity index (χ3v) is 14.0. The number of hydrogen-bond acceptors (Lipinski definition) is 12. The molecule has 0 bridgehead atoms. The summed E-state index contributed by atoms with van der Waals surface area (Å²) in [4.78, 5) is 39.0. The molecule has 4 aliphatic rings. The number of ether oxygens (including phenoxy) is 2. The zero-order chi connectivity index (χ0) is 41.3. The number of methoxy groups -OCH3 is 1. The van der Waals surface area contributed by atoms with Gasteiger partial charge in [0.1, 0.15) is 0 Å². The summed E-state index contributed by atoms with van der Waals surface area (Å²) in [5.41, 5.74) is 3.17. The van der Waals surface area contributed by atoms with Crippen LogP contribution in [0, 0.1) is 5.92 Å². The monoisotopic (exact) mass is 836 g/mol. The van der Waals surface area contributed by atoms with E-state index in [1.807, 2.05) is 23.9 Å². The quantitative estimate of drug-likeness (QED) is 0.201. The molecule has 59 heavy (non-hydrogen) atoms. The molecule has 4 aliphatic heterocycles. The van der Waals surface area contributed by atoms with Gasteiger partial charge in [0.15, 0.2) is 5.82 Å². The Kier molecular flexibility index (Phi) is 11.9. The first-order chi connectivity index (χ1) is 28.4. The number of alkyl halides is 2. The third kappa shape index (κ3) is 8.91. The maximum absolute atomic E-state index is 13.8. The van der Waals surface area contributed by atoms with E-state index in [0.29, 0.717) is 50.1 Å². The molecule has 0 atom stereocenters. The fourth-order valence-corrected chi connectivity index (χ4v) is 10.3. The highest BCUT2D eigenvalue weighted by atomic mass is 32.2. The number of carbonyl (C=O) groups is 2. The minimum atomic E-state index is -3.72. The van der Waals surface area contributed by atoms with E-state index in [9.17, 15) is 26.8 Å². The topological polar surface area (TPSA) is 167 Å². The van der Waals surface area contributed by atoms with Crippen molar-refractivity contribution in [3.8, 4) is 11.6 Å². The molecule has 4 aromatic rings. The van der Waals surface area contributed by atoms with Gasteiger partial charge in [0, 0.05) is 69.9 Å². The molecule has 19 heteroatoms. The molecular formula is C40H50F2N10O6S. The number of benzene rings is 2. The van der Waals surface area contributed by atoms with Gasteiger partial charge in [-0.25, -0.2) is 18.2 Å². The smallest absolute Gasteiger partial charge is 0.387 e. The van der Waals surface area contributed by atoms with Gasteiger partial charge in [0.2, 0.25) is 27.6 Å². The number of urea groups is 1. The first-order valence-corrected chi connectivity index (χ1v) is 21.7. The number of imide groups is 1. The van der Waals surface area contributed by atoms with Crippen molar-refractivity contribution in [3.05, 3.63) is 54.2 Å². The average Bonchev–Trinajstić information content (AvgIpc) is 3.56. The molecule has 16 nitrogen and oxygen atoms in total. The summed E-state index contributed by atoms with van der Waals surface area (Å²) in [7, 11) is -0.532. The predicted molar refractivity (Wildman–Crippen MR) is 217 cm³/mol. The van der Waals surface area contributed by atoms with Crippen LogP contribution in [0.3, 0.4) is 0 Å². The lowest BCUT2D eigenvalue weighted by atomic mass is 9.88. The van der Waals surface area contributed by atoms with E-state index < -0.39 is 22.7 Å². The Bertz CT molecular complexity index is 2270. The SMILES string of the molecule is COc1nc(NC2CCN(S(=O)(=O)c3cccc(N4CCC(CN5CCC(c6ccc7c(N8CCC(=O)NC8=O)nn(C)c7c6)CC5)CC4)c3)CC2)ncc1OC(F)F. The van der Waals surface area contributed by atoms with E-state index in [1.54, 1.807) is 17.0 Å². The molecule has 8 rings (SSSR count). The number of nitrogens with zero attached hydrogens (tertiary/aromatic N) is 8. The third-order valence-electron chi connectivity index (χ3n) is 12.1. The first kappa shape index (κ1) is 40.6. The van der Waals surface area contributed by atoms with Gasteiger partial charge in [-0.1, -0.05) is 12.1 Å². The summed E-state index contributed by atoms with van der Waals surface area (Å²) in [5.74, 6) is 1.13. The molecule has 0 radical (unpaired) electrons. The van der Waals surface area contributed by atoms with Crippen molar-refractivity contribution in [2.24, 2.45) is 13.0 Å². The van der Waals surface area contributed by atoms with Gasteiger partial charge in [-0.2, -0.15) is 23.2 Å². The lowest BCUT2D eigenvalue weighted by Gasteiger charge is -2.38. The Balaban J connectivity index is 0.799. The molecule has 316 valence electrons. The molecule has 2 aromatic heterocycles. The number of halogens is 2. The van der Waals surface area contributed by atoms with Crippen molar-refractivity contribution in [2.45, 2.75) is 68.4 Å². The van der Waals surface area contributed by atoms with Crippen molar-refractivity contribution >= 4 is 50.3 Å². The zero-order valence-corrected chi connectivity index (χ0v) is 34.0. The van der Waals surface area contributed by atoms with Crippen LogP contribution >= 0.6 is 0 Å². The summed E-state index contributed by atoms with van der Waals surface area (Å²) in [5, 5.41) is 11.1. The predicted octanol–water partition coefficient (Wildman–Crippen LogP) is 4.78. The number of sulfonamides is 1. The molecule has 0 saturated carbocycles. The molecule has 6 heterocycles. The average molecular weight is 837 g/mol. The Morgan fingerprint density at radius 1 is 0.949 bits per heavy atom. The molecule has 0 aliphatic carbocycles. The second-order valence-corrected chi connectivity index (χ2v) is 17.7. The van der Waals surface area contributed by atoms with E-state index >= 15 is 0 Å². The fourth-order valence-electron chi connectivity index (χ4n) is 8.82. The van der Waals surface area contributed by atoms with Gasteiger partial charge in [-0.05, 0) is 99.3 Å². The van der Waals surface area contributed by atoms with Gasteiger partial charge in [0.25, 0.3) is 5.88 Å². The number of piperidine rings is 3. The van der Waals surface area contributed by atoms with Crippen LogP contribution in [0.2, 0.25) is 0 Å². The molecule has 3 amide bonds. The summed E-state index contributed by atoms with van der Waals surface area (Å²) >= 11 is 0. The normalized spacial score (nSPS) is 19.7. The second kappa shape index (κ2) is 17.2. The molecule has 4 fully saturated rings. The van der Waals surface area contributed by atoms with Gasteiger partial charge in [-0.3, -0.25) is 19.7 Å². The highest BCUT2D eigenvalue weighted by molar-refractivity contribution is 7.89. The van der Waals surface area contributed by atoms with E-state index in [-0.39, 0.29) is 40.8 Å². The largest absolute Gasteiger partial charge is 0.478 e. The van der Waals surface area contributed by atoms with Crippen molar-refractivity contribution in [2.75, 3.05) is 74.6 Å². The Morgan fingerprint density at radius 3 is 2.42 bits per heavy atom. The van der Waals surface area contributed by atoms with Crippen molar-refractivity contribution in [3.63, 3.8) is 0 Å². The van der Waals surface area contributed by atoms with Crippen LogP contribution in [-0.4, -0.2) is 121 Å². The van der Waals surface area contributed by atoms with Crippen LogP contribution in [0.25, 0.3) is 10.9 Å². The molecule has 2 aromatic carbocycles. The molecule has 2 N–H and O–H groups in total. The number of amides is 3. The molecule has 0 unspecified atom stereocenters. The summed E-state index contributed by atoms with van der Waals surface area (Å²) in [6.07, 6.45) is 6.62. The highest BCUT2D eigenvalue weighted by Crippen LogP contribution is 2.35. The lowest BCUT2D eigenvalue weighted by Crippen LogP contribution is -2.49. The molecular weight excluding hydrogens is 787 g/mol. The number of likely N-dealkylation sites (tertiary alicyclic amines) is 1. The number of aromatic nitrogens is 4. The lowest BCUT2D eigenvalue weighted by molar-refractivity contribution is -0.120. The first-order valence-electron chi connectivity index (χ1n) is 20.2. The Labute approximate surface area is 341 Å².